The highest BCUT2D eigenvalue weighted by molar-refractivity contribution is 5.77. The van der Waals surface area contributed by atoms with Crippen molar-refractivity contribution in [3.63, 3.8) is 0 Å². The Bertz CT molecular complexity index is 347. The number of carbonyl (C=O) groups excluding carboxylic acids is 2. The normalized spacial score (nSPS) is 22.6. The molecule has 0 saturated carbocycles. The maximum atomic E-state index is 11.7. The van der Waals surface area contributed by atoms with Crippen molar-refractivity contribution >= 4 is 18.0 Å². The Kier molecular flexibility index (Phi) is 4.75. The Hall–Kier alpha value is -1.99. The molecule has 1 saturated heterocycles. The lowest BCUT2D eigenvalue weighted by Gasteiger charge is -2.16. The van der Waals surface area contributed by atoms with Crippen molar-refractivity contribution in [3.8, 4) is 0 Å². The summed E-state index contributed by atoms with van der Waals surface area (Å²) in [5.41, 5.74) is 4.86. The fraction of sp³-hybridized carbons (Fsp3) is 0.700. The number of nitrogens with zero attached hydrogens (tertiary/aromatic N) is 1. The SMILES string of the molecule is C[C@@H]1CN(C(=O)NCCNC(N)=O)C[C@H]1C(=O)O. The van der Waals surface area contributed by atoms with Crippen LogP contribution in [0, 0.1) is 11.8 Å². The molecule has 102 valence electrons. The molecule has 8 heteroatoms. The largest absolute Gasteiger partial charge is 0.481 e. The van der Waals surface area contributed by atoms with Gasteiger partial charge in [-0.25, -0.2) is 9.59 Å². The number of primary amides is 1. The molecule has 0 aromatic rings. The highest BCUT2D eigenvalue weighted by atomic mass is 16.4. The van der Waals surface area contributed by atoms with E-state index in [2.05, 4.69) is 10.6 Å². The Balaban J connectivity index is 2.31. The maximum Gasteiger partial charge on any atom is 0.317 e. The summed E-state index contributed by atoms with van der Waals surface area (Å²) in [7, 11) is 0. The number of nitrogens with one attached hydrogen (secondary N) is 2. The van der Waals surface area contributed by atoms with Crippen LogP contribution in [0.15, 0.2) is 0 Å². The van der Waals surface area contributed by atoms with Crippen molar-refractivity contribution in [1.82, 2.24) is 15.5 Å². The third-order valence-corrected chi connectivity index (χ3v) is 2.92. The topological polar surface area (TPSA) is 125 Å². The lowest BCUT2D eigenvalue weighted by Crippen LogP contribution is -2.43. The third kappa shape index (κ3) is 3.79. The van der Waals surface area contributed by atoms with Gasteiger partial charge in [0.25, 0.3) is 0 Å². The molecule has 0 radical (unpaired) electrons. The molecule has 2 atom stereocenters. The average Bonchev–Trinajstić information content (AvgIpc) is 2.66. The van der Waals surface area contributed by atoms with Crippen molar-refractivity contribution < 1.29 is 19.5 Å². The Morgan fingerprint density at radius 2 is 1.89 bits per heavy atom. The third-order valence-electron chi connectivity index (χ3n) is 2.92. The monoisotopic (exact) mass is 258 g/mol. The van der Waals surface area contributed by atoms with Gasteiger partial charge < -0.3 is 26.4 Å². The Morgan fingerprint density at radius 3 is 2.39 bits per heavy atom. The van der Waals surface area contributed by atoms with Gasteiger partial charge in [-0.2, -0.15) is 0 Å². The molecular formula is C10H18N4O4. The summed E-state index contributed by atoms with van der Waals surface area (Å²) in [4.78, 5) is 34.4. The number of urea groups is 2. The quantitative estimate of drug-likeness (QED) is 0.483. The second kappa shape index (κ2) is 6.08. The highest BCUT2D eigenvalue weighted by Gasteiger charge is 2.36. The first-order chi connectivity index (χ1) is 8.41. The molecule has 1 fully saturated rings. The molecule has 1 aliphatic heterocycles. The minimum absolute atomic E-state index is 0.0583. The molecule has 1 aliphatic rings. The smallest absolute Gasteiger partial charge is 0.317 e. The van der Waals surface area contributed by atoms with Crippen molar-refractivity contribution in [1.29, 1.82) is 0 Å². The molecule has 0 aromatic carbocycles. The summed E-state index contributed by atoms with van der Waals surface area (Å²) in [5, 5.41) is 13.9. The van der Waals surface area contributed by atoms with Crippen LogP contribution in [0.25, 0.3) is 0 Å². The van der Waals surface area contributed by atoms with Gasteiger partial charge in [0.05, 0.1) is 5.92 Å². The number of carbonyl (C=O) groups is 3. The van der Waals surface area contributed by atoms with Crippen molar-refractivity contribution in [3.05, 3.63) is 0 Å². The predicted molar refractivity (Wildman–Crippen MR) is 62.8 cm³/mol. The van der Waals surface area contributed by atoms with Crippen LogP contribution in [-0.2, 0) is 4.79 Å². The van der Waals surface area contributed by atoms with E-state index in [0.717, 1.165) is 0 Å². The number of hydrogen-bond acceptors (Lipinski definition) is 3. The zero-order valence-corrected chi connectivity index (χ0v) is 10.2. The molecule has 0 aliphatic carbocycles. The number of nitrogens with two attached hydrogens (primary N) is 1. The van der Waals surface area contributed by atoms with Crippen LogP contribution in [0.1, 0.15) is 6.92 Å². The van der Waals surface area contributed by atoms with Crippen LogP contribution in [0.2, 0.25) is 0 Å². The Morgan fingerprint density at radius 1 is 1.28 bits per heavy atom. The van der Waals surface area contributed by atoms with Gasteiger partial charge in [0.15, 0.2) is 0 Å². The second-order valence-electron chi connectivity index (χ2n) is 4.35. The molecule has 5 N–H and O–H groups in total. The van der Waals surface area contributed by atoms with Gasteiger partial charge in [-0.1, -0.05) is 6.92 Å². The van der Waals surface area contributed by atoms with Gasteiger partial charge in [-0.05, 0) is 5.92 Å². The summed E-state index contributed by atoms with van der Waals surface area (Å²) in [6, 6.07) is -0.971. The minimum atomic E-state index is -0.881. The fourth-order valence-electron chi connectivity index (χ4n) is 1.92. The zero-order chi connectivity index (χ0) is 13.7. The summed E-state index contributed by atoms with van der Waals surface area (Å²) >= 11 is 0. The summed E-state index contributed by atoms with van der Waals surface area (Å²) in [6.45, 7) is 2.94. The molecule has 0 aromatic heterocycles. The minimum Gasteiger partial charge on any atom is -0.481 e. The van der Waals surface area contributed by atoms with E-state index in [1.54, 1.807) is 6.92 Å². The summed E-state index contributed by atoms with van der Waals surface area (Å²) < 4.78 is 0. The predicted octanol–water partition coefficient (Wildman–Crippen LogP) is -0.983. The first-order valence-corrected chi connectivity index (χ1v) is 5.70. The van der Waals surface area contributed by atoms with Gasteiger partial charge in [0.1, 0.15) is 0 Å². The molecule has 1 heterocycles. The van der Waals surface area contributed by atoms with Crippen molar-refractivity contribution in [2.75, 3.05) is 26.2 Å². The van der Waals surface area contributed by atoms with Gasteiger partial charge in [0.2, 0.25) is 0 Å². The summed E-state index contributed by atoms with van der Waals surface area (Å²) in [5.74, 6) is -1.45. The fourth-order valence-corrected chi connectivity index (χ4v) is 1.92. The molecule has 18 heavy (non-hydrogen) atoms. The molecule has 1 rings (SSSR count). The molecule has 0 bridgehead atoms. The second-order valence-corrected chi connectivity index (χ2v) is 4.35. The van der Waals surface area contributed by atoms with Crippen LogP contribution in [0.3, 0.4) is 0 Å². The molecule has 8 nitrogen and oxygen atoms in total. The highest BCUT2D eigenvalue weighted by Crippen LogP contribution is 2.22. The lowest BCUT2D eigenvalue weighted by molar-refractivity contribution is -0.142. The van der Waals surface area contributed by atoms with Gasteiger partial charge in [-0.3, -0.25) is 4.79 Å². The number of likely N-dealkylation sites (tertiary alicyclic amines) is 1. The number of rotatable bonds is 4. The molecule has 0 spiro atoms. The number of carboxylic acid groups (broad SMARTS) is 1. The number of aliphatic carboxylic acids is 1. The van der Waals surface area contributed by atoms with Crippen LogP contribution < -0.4 is 16.4 Å². The van der Waals surface area contributed by atoms with Crippen LogP contribution in [-0.4, -0.2) is 54.2 Å². The van der Waals surface area contributed by atoms with E-state index in [1.165, 1.54) is 4.90 Å². The van der Waals surface area contributed by atoms with E-state index >= 15 is 0 Å². The lowest BCUT2D eigenvalue weighted by atomic mass is 9.99. The number of carboxylic acids is 1. The van der Waals surface area contributed by atoms with E-state index in [9.17, 15) is 14.4 Å². The van der Waals surface area contributed by atoms with Crippen LogP contribution in [0.4, 0.5) is 9.59 Å². The average molecular weight is 258 g/mol. The van der Waals surface area contributed by atoms with Gasteiger partial charge in [-0.15, -0.1) is 0 Å². The van der Waals surface area contributed by atoms with Crippen molar-refractivity contribution in [2.24, 2.45) is 17.6 Å². The van der Waals surface area contributed by atoms with Crippen molar-refractivity contribution in [2.45, 2.75) is 6.92 Å². The van der Waals surface area contributed by atoms with E-state index < -0.39 is 17.9 Å². The van der Waals surface area contributed by atoms with Gasteiger partial charge in [0, 0.05) is 26.2 Å². The standard InChI is InChI=1S/C10H18N4O4/c1-6-4-14(5-7(6)8(15)16)10(18)13-3-2-12-9(11)17/h6-7H,2-5H2,1H3,(H,13,18)(H,15,16)(H3,11,12,17)/t6-,7-/m1/s1. The number of hydrogen-bond donors (Lipinski definition) is 4. The molecule has 4 amide bonds. The maximum absolute atomic E-state index is 11.7. The van der Waals surface area contributed by atoms with E-state index in [-0.39, 0.29) is 31.6 Å². The van der Waals surface area contributed by atoms with Gasteiger partial charge >= 0.3 is 18.0 Å². The molecule has 0 unspecified atom stereocenters. The molecular weight excluding hydrogens is 240 g/mol. The zero-order valence-electron chi connectivity index (χ0n) is 10.2. The first kappa shape index (κ1) is 14.1. The first-order valence-electron chi connectivity index (χ1n) is 5.70. The Labute approximate surface area is 104 Å². The number of amides is 4. The van der Waals surface area contributed by atoms with E-state index in [4.69, 9.17) is 10.8 Å². The van der Waals surface area contributed by atoms with E-state index in [0.29, 0.717) is 6.54 Å². The van der Waals surface area contributed by atoms with Crippen LogP contribution >= 0.6 is 0 Å². The van der Waals surface area contributed by atoms with Crippen LogP contribution in [0.5, 0.6) is 0 Å². The summed E-state index contributed by atoms with van der Waals surface area (Å²) in [6.07, 6.45) is 0. The van der Waals surface area contributed by atoms with E-state index in [1.807, 2.05) is 0 Å².